The summed E-state index contributed by atoms with van der Waals surface area (Å²) in [4.78, 5) is 24.7. The topological polar surface area (TPSA) is 86.7 Å². The third-order valence-electron chi connectivity index (χ3n) is 4.60. The molecule has 0 unspecified atom stereocenters. The number of para-hydroxylation sites is 3. The smallest absolute Gasteiger partial charge is 0.269 e. The number of aromatic nitrogens is 4. The van der Waals surface area contributed by atoms with Crippen LogP contribution in [-0.2, 0) is 0 Å². The van der Waals surface area contributed by atoms with E-state index in [0.29, 0.717) is 33.4 Å². The summed E-state index contributed by atoms with van der Waals surface area (Å²) in [5.41, 5.74) is 3.91. The van der Waals surface area contributed by atoms with E-state index in [0.717, 1.165) is 11.0 Å². The molecule has 2 heterocycles. The molecule has 7 nitrogen and oxygen atoms in total. The van der Waals surface area contributed by atoms with Crippen LogP contribution in [0.15, 0.2) is 72.8 Å². The van der Waals surface area contributed by atoms with Gasteiger partial charge < -0.3 is 0 Å². The van der Waals surface area contributed by atoms with E-state index >= 15 is 0 Å². The van der Waals surface area contributed by atoms with Gasteiger partial charge in [-0.15, -0.1) is 0 Å². The zero-order chi connectivity index (χ0) is 20.0. The van der Waals surface area contributed by atoms with Gasteiger partial charge in [0.05, 0.1) is 26.7 Å². The fraction of sp³-hybridized carbons (Fsp3) is 0. The number of benzene rings is 3. The predicted molar refractivity (Wildman–Crippen MR) is 111 cm³/mol. The van der Waals surface area contributed by atoms with E-state index < -0.39 is 4.92 Å². The highest BCUT2D eigenvalue weighted by Crippen LogP contribution is 2.32. The molecule has 5 rings (SSSR count). The molecular weight excluding hydrogens is 390 g/mol. The van der Waals surface area contributed by atoms with Crippen LogP contribution < -0.4 is 0 Å². The van der Waals surface area contributed by atoms with Crippen molar-refractivity contribution in [2.24, 2.45) is 0 Å². The molecule has 29 heavy (non-hydrogen) atoms. The lowest BCUT2D eigenvalue weighted by Crippen LogP contribution is -2.00. The van der Waals surface area contributed by atoms with Crippen LogP contribution in [0.2, 0.25) is 5.02 Å². The van der Waals surface area contributed by atoms with Crippen LogP contribution in [0.5, 0.6) is 0 Å². The summed E-state index contributed by atoms with van der Waals surface area (Å²) in [5, 5.41) is 11.5. The van der Waals surface area contributed by atoms with E-state index in [1.165, 1.54) is 12.1 Å². The molecule has 3 aromatic carbocycles. The first kappa shape index (κ1) is 17.3. The second-order valence-electron chi connectivity index (χ2n) is 6.39. The third-order valence-corrected chi connectivity index (χ3v) is 4.92. The van der Waals surface area contributed by atoms with Crippen LogP contribution in [0, 0.1) is 10.1 Å². The molecule has 0 aliphatic rings. The Balaban J connectivity index is 1.84. The lowest BCUT2D eigenvalue weighted by molar-refractivity contribution is -0.384. The van der Waals surface area contributed by atoms with Gasteiger partial charge in [0.2, 0.25) is 0 Å². The Bertz CT molecular complexity index is 1400. The Kier molecular flexibility index (Phi) is 3.96. The Morgan fingerprint density at radius 1 is 0.828 bits per heavy atom. The highest BCUT2D eigenvalue weighted by Gasteiger charge is 2.19. The molecule has 0 amide bonds. The van der Waals surface area contributed by atoms with Gasteiger partial charge in [-0.2, -0.15) is 0 Å². The van der Waals surface area contributed by atoms with Gasteiger partial charge in [-0.25, -0.2) is 15.0 Å². The summed E-state index contributed by atoms with van der Waals surface area (Å²) in [6.07, 6.45) is 0. The average molecular weight is 402 g/mol. The molecule has 0 radical (unpaired) electrons. The van der Waals surface area contributed by atoms with E-state index in [4.69, 9.17) is 16.6 Å². The van der Waals surface area contributed by atoms with Gasteiger partial charge in [0, 0.05) is 17.7 Å². The maximum absolute atomic E-state index is 11.0. The summed E-state index contributed by atoms with van der Waals surface area (Å²) in [6.45, 7) is 0. The minimum absolute atomic E-state index is 0.0103. The molecule has 0 atom stereocenters. The number of hydrogen-bond donors (Lipinski definition) is 0. The lowest BCUT2D eigenvalue weighted by Gasteiger charge is -2.10. The first-order valence-electron chi connectivity index (χ1n) is 8.77. The van der Waals surface area contributed by atoms with E-state index in [1.807, 2.05) is 47.0 Å². The molecule has 5 aromatic rings. The molecule has 8 heteroatoms. The number of hydrogen-bond acceptors (Lipinski definition) is 5. The first-order chi connectivity index (χ1) is 14.1. The number of halogens is 1. The fourth-order valence-corrected chi connectivity index (χ4v) is 3.46. The zero-order valence-corrected chi connectivity index (χ0v) is 15.6. The summed E-state index contributed by atoms with van der Waals surface area (Å²) in [7, 11) is 0. The highest BCUT2D eigenvalue weighted by atomic mass is 35.5. The van der Waals surface area contributed by atoms with Gasteiger partial charge in [-0.1, -0.05) is 35.9 Å². The lowest BCUT2D eigenvalue weighted by atomic mass is 10.2. The molecule has 0 fully saturated rings. The maximum Gasteiger partial charge on any atom is 0.269 e. The van der Waals surface area contributed by atoms with Crippen molar-refractivity contribution in [3.8, 4) is 17.1 Å². The molecule has 0 aliphatic carbocycles. The Hall–Kier alpha value is -3.84. The molecule has 0 aliphatic heterocycles. The van der Waals surface area contributed by atoms with Crippen LogP contribution in [-0.4, -0.2) is 24.4 Å². The minimum atomic E-state index is -0.434. The van der Waals surface area contributed by atoms with Crippen molar-refractivity contribution in [3.63, 3.8) is 0 Å². The number of rotatable bonds is 3. The maximum atomic E-state index is 11.0. The summed E-state index contributed by atoms with van der Waals surface area (Å²) in [6, 6.07) is 21.1. The van der Waals surface area contributed by atoms with Gasteiger partial charge >= 0.3 is 0 Å². The van der Waals surface area contributed by atoms with Crippen molar-refractivity contribution in [3.05, 3.63) is 87.9 Å². The van der Waals surface area contributed by atoms with Crippen molar-refractivity contribution >= 4 is 39.6 Å². The molecule has 0 N–H and O–H groups in total. The Morgan fingerprint density at radius 3 is 2.17 bits per heavy atom. The molecule has 0 spiro atoms. The summed E-state index contributed by atoms with van der Waals surface area (Å²) in [5.74, 6) is 0.554. The summed E-state index contributed by atoms with van der Waals surface area (Å²) < 4.78 is 1.83. The van der Waals surface area contributed by atoms with Crippen molar-refractivity contribution in [1.29, 1.82) is 0 Å². The molecule has 0 bridgehead atoms. The molecule has 0 saturated heterocycles. The van der Waals surface area contributed by atoms with Crippen LogP contribution in [0.4, 0.5) is 5.69 Å². The molecule has 0 saturated carbocycles. The SMILES string of the molecule is O=[N+]([O-])c1ccc(-c2nc3nc4ccccc4nc3n2-c2ccccc2Cl)cc1. The van der Waals surface area contributed by atoms with Crippen molar-refractivity contribution in [2.45, 2.75) is 0 Å². The van der Waals surface area contributed by atoms with E-state index in [1.54, 1.807) is 18.2 Å². The minimum Gasteiger partial charge on any atom is -0.274 e. The Morgan fingerprint density at radius 2 is 1.48 bits per heavy atom. The summed E-state index contributed by atoms with van der Waals surface area (Å²) >= 11 is 6.47. The fourth-order valence-electron chi connectivity index (χ4n) is 3.24. The van der Waals surface area contributed by atoms with Gasteiger partial charge in [0.25, 0.3) is 5.69 Å². The first-order valence-corrected chi connectivity index (χ1v) is 9.14. The molecule has 140 valence electrons. The number of nitrogens with zero attached hydrogens (tertiary/aromatic N) is 5. The zero-order valence-electron chi connectivity index (χ0n) is 14.9. The van der Waals surface area contributed by atoms with Crippen molar-refractivity contribution in [1.82, 2.24) is 19.5 Å². The number of nitro benzene ring substituents is 1. The van der Waals surface area contributed by atoms with Crippen LogP contribution in [0.25, 0.3) is 39.4 Å². The molecule has 2 aromatic heterocycles. The number of non-ortho nitro benzene ring substituents is 1. The number of imidazole rings is 1. The van der Waals surface area contributed by atoms with Crippen LogP contribution >= 0.6 is 11.6 Å². The number of nitro groups is 1. The highest BCUT2D eigenvalue weighted by molar-refractivity contribution is 6.32. The van der Waals surface area contributed by atoms with E-state index in [9.17, 15) is 10.1 Å². The number of fused-ring (bicyclic) bond motifs is 2. The second kappa shape index (κ2) is 6.65. The average Bonchev–Trinajstić information content (AvgIpc) is 3.10. The Labute approximate surface area is 169 Å². The largest absolute Gasteiger partial charge is 0.274 e. The van der Waals surface area contributed by atoms with Crippen LogP contribution in [0.1, 0.15) is 0 Å². The van der Waals surface area contributed by atoms with Gasteiger partial charge in [0.15, 0.2) is 11.3 Å². The van der Waals surface area contributed by atoms with Gasteiger partial charge in [-0.3, -0.25) is 14.7 Å². The van der Waals surface area contributed by atoms with E-state index in [2.05, 4.69) is 9.97 Å². The van der Waals surface area contributed by atoms with Crippen LogP contribution in [0.3, 0.4) is 0 Å². The quantitative estimate of drug-likeness (QED) is 0.306. The van der Waals surface area contributed by atoms with Gasteiger partial charge in [0.1, 0.15) is 5.82 Å². The standard InChI is InChI=1S/C21H12ClN5O2/c22-15-5-1-4-8-18(15)26-20(13-9-11-14(12-10-13)27(28)29)25-19-21(26)24-17-7-3-2-6-16(17)23-19/h1-12H. The predicted octanol–water partition coefficient (Wildman–Crippen LogP) is 5.20. The van der Waals surface area contributed by atoms with Crippen molar-refractivity contribution < 1.29 is 4.92 Å². The van der Waals surface area contributed by atoms with E-state index in [-0.39, 0.29) is 5.69 Å². The molecular formula is C21H12ClN5O2. The van der Waals surface area contributed by atoms with Gasteiger partial charge in [-0.05, 0) is 36.4 Å². The monoisotopic (exact) mass is 401 g/mol. The third kappa shape index (κ3) is 2.88. The normalized spacial score (nSPS) is 11.2. The van der Waals surface area contributed by atoms with Crippen molar-refractivity contribution in [2.75, 3.05) is 0 Å². The second-order valence-corrected chi connectivity index (χ2v) is 6.79.